The molecule has 0 saturated heterocycles. The fraction of sp³-hybridized carbons (Fsp3) is 0.882. The quantitative estimate of drug-likeness (QED) is 0.381. The van der Waals surface area contributed by atoms with Gasteiger partial charge in [0.1, 0.15) is 0 Å². The van der Waals surface area contributed by atoms with Gasteiger partial charge in [0.05, 0.1) is 0 Å². The van der Waals surface area contributed by atoms with Crippen LogP contribution in [0.3, 0.4) is 0 Å². The average Bonchev–Trinajstić information content (AvgIpc) is 2.45. The number of guanidine groups is 1. The monoisotopic (exact) mass is 438 g/mol. The van der Waals surface area contributed by atoms with E-state index in [1.807, 2.05) is 13.8 Å². The van der Waals surface area contributed by atoms with Crippen molar-refractivity contribution in [1.82, 2.24) is 15.5 Å². The van der Waals surface area contributed by atoms with Crippen LogP contribution < -0.4 is 10.6 Å². The Morgan fingerprint density at radius 1 is 1.26 bits per heavy atom. The van der Waals surface area contributed by atoms with E-state index in [9.17, 15) is 4.79 Å². The number of aliphatic imine (C=N–C) groups is 1. The Balaban J connectivity index is 0.00000484. The molecule has 136 valence electrons. The van der Waals surface area contributed by atoms with Crippen LogP contribution in [0.2, 0.25) is 0 Å². The molecule has 2 N–H and O–H groups in total. The first-order chi connectivity index (χ1) is 10.4. The maximum absolute atomic E-state index is 11.6. The molecule has 0 bridgehead atoms. The summed E-state index contributed by atoms with van der Waals surface area (Å²) in [5, 5.41) is 6.19. The van der Waals surface area contributed by atoms with E-state index in [-0.39, 0.29) is 35.9 Å². The molecule has 0 aromatic carbocycles. The summed E-state index contributed by atoms with van der Waals surface area (Å²) in [6.45, 7) is 7.97. The van der Waals surface area contributed by atoms with Gasteiger partial charge >= 0.3 is 0 Å². The Morgan fingerprint density at radius 3 is 2.39 bits per heavy atom. The number of carbonyl (C=O) groups excluding carboxylic acids is 1. The lowest BCUT2D eigenvalue weighted by Crippen LogP contribution is -2.43. The van der Waals surface area contributed by atoms with Crippen LogP contribution in [0.25, 0.3) is 0 Å². The van der Waals surface area contributed by atoms with Crippen LogP contribution in [0.1, 0.15) is 52.9 Å². The molecule has 1 amide bonds. The minimum absolute atomic E-state index is 0. The molecular weight excluding hydrogens is 403 g/mol. The van der Waals surface area contributed by atoms with E-state index in [1.54, 1.807) is 7.05 Å². The molecule has 0 aromatic heterocycles. The molecule has 1 rings (SSSR count). The zero-order valence-electron chi connectivity index (χ0n) is 15.4. The summed E-state index contributed by atoms with van der Waals surface area (Å²) in [5.74, 6) is 2.63. The third-order valence-electron chi connectivity index (χ3n) is 4.33. The molecule has 1 aliphatic carbocycles. The largest absolute Gasteiger partial charge is 0.356 e. The summed E-state index contributed by atoms with van der Waals surface area (Å²) < 4.78 is 0. The van der Waals surface area contributed by atoms with E-state index < -0.39 is 0 Å². The molecule has 1 saturated carbocycles. The zero-order valence-corrected chi connectivity index (χ0v) is 17.7. The van der Waals surface area contributed by atoms with E-state index in [1.165, 1.54) is 25.7 Å². The lowest BCUT2D eigenvalue weighted by atomic mass is 9.83. The Hall–Kier alpha value is -0.530. The minimum atomic E-state index is 0. The van der Waals surface area contributed by atoms with Crippen LogP contribution in [0.5, 0.6) is 0 Å². The van der Waals surface area contributed by atoms with Crippen LogP contribution in [0.4, 0.5) is 0 Å². The summed E-state index contributed by atoms with van der Waals surface area (Å²) in [5.41, 5.74) is 0. The molecule has 0 radical (unpaired) electrons. The van der Waals surface area contributed by atoms with Crippen LogP contribution >= 0.6 is 24.0 Å². The number of nitrogens with zero attached hydrogens (tertiary/aromatic N) is 2. The molecule has 0 unspecified atom stereocenters. The van der Waals surface area contributed by atoms with Crippen molar-refractivity contribution in [2.45, 2.75) is 58.9 Å². The lowest BCUT2D eigenvalue weighted by Gasteiger charge is -2.31. The lowest BCUT2D eigenvalue weighted by molar-refractivity contribution is -0.121. The third kappa shape index (κ3) is 9.37. The summed E-state index contributed by atoms with van der Waals surface area (Å²) in [6.07, 6.45) is 5.81. The van der Waals surface area contributed by atoms with Crippen LogP contribution in [-0.2, 0) is 4.79 Å². The highest BCUT2D eigenvalue weighted by Gasteiger charge is 2.20. The number of nitrogens with one attached hydrogen (secondary N) is 2. The van der Waals surface area contributed by atoms with Gasteiger partial charge < -0.3 is 15.5 Å². The SMILES string of the molecule is CN=C(NCCC(=O)NC(C)C)N(C)CC1CCC(C)CC1.I. The normalized spacial score (nSPS) is 21.6. The number of carbonyl (C=O) groups is 1. The summed E-state index contributed by atoms with van der Waals surface area (Å²) in [4.78, 5) is 18.2. The second kappa shape index (κ2) is 11.9. The van der Waals surface area contributed by atoms with Crippen molar-refractivity contribution in [2.75, 3.05) is 27.2 Å². The predicted molar refractivity (Wildman–Crippen MR) is 108 cm³/mol. The van der Waals surface area contributed by atoms with Gasteiger partial charge in [-0.05, 0) is 38.5 Å². The molecule has 0 atom stereocenters. The second-order valence-electron chi connectivity index (χ2n) is 6.95. The molecule has 23 heavy (non-hydrogen) atoms. The molecule has 0 aromatic rings. The first-order valence-corrected chi connectivity index (χ1v) is 8.63. The number of hydrogen-bond acceptors (Lipinski definition) is 2. The van der Waals surface area contributed by atoms with Crippen molar-refractivity contribution in [3.8, 4) is 0 Å². The van der Waals surface area contributed by atoms with Crippen molar-refractivity contribution < 1.29 is 4.79 Å². The van der Waals surface area contributed by atoms with Gasteiger partial charge in [-0.3, -0.25) is 9.79 Å². The van der Waals surface area contributed by atoms with E-state index in [2.05, 4.69) is 34.5 Å². The van der Waals surface area contributed by atoms with Gasteiger partial charge in [-0.2, -0.15) is 0 Å². The molecule has 5 nitrogen and oxygen atoms in total. The van der Waals surface area contributed by atoms with Crippen LogP contribution in [-0.4, -0.2) is 50.0 Å². The second-order valence-corrected chi connectivity index (χ2v) is 6.95. The highest BCUT2D eigenvalue weighted by atomic mass is 127. The molecular formula is C17H35IN4O. The van der Waals surface area contributed by atoms with E-state index >= 15 is 0 Å². The molecule has 0 aliphatic heterocycles. The number of hydrogen-bond donors (Lipinski definition) is 2. The minimum Gasteiger partial charge on any atom is -0.356 e. The predicted octanol–water partition coefficient (Wildman–Crippen LogP) is 2.85. The van der Waals surface area contributed by atoms with Crippen molar-refractivity contribution in [2.24, 2.45) is 16.8 Å². The summed E-state index contributed by atoms with van der Waals surface area (Å²) in [6, 6.07) is 0.197. The van der Waals surface area contributed by atoms with Crippen LogP contribution in [0, 0.1) is 11.8 Å². The standard InChI is InChI=1S/C17H34N4O.HI/c1-13(2)20-16(22)10-11-19-17(18-4)21(5)12-15-8-6-14(3)7-9-15;/h13-15H,6-12H2,1-5H3,(H,18,19)(H,20,22);1H. The summed E-state index contributed by atoms with van der Waals surface area (Å²) in [7, 11) is 3.89. The molecule has 1 fully saturated rings. The van der Waals surface area contributed by atoms with Gasteiger partial charge in [-0.1, -0.05) is 19.8 Å². The van der Waals surface area contributed by atoms with Crippen LogP contribution in [0.15, 0.2) is 4.99 Å². The number of rotatable bonds is 6. The molecule has 6 heteroatoms. The van der Waals surface area contributed by atoms with Gasteiger partial charge in [0.25, 0.3) is 0 Å². The van der Waals surface area contributed by atoms with E-state index in [0.29, 0.717) is 13.0 Å². The van der Waals surface area contributed by atoms with Crippen molar-refractivity contribution in [3.05, 3.63) is 0 Å². The molecule has 0 spiro atoms. The maximum atomic E-state index is 11.6. The fourth-order valence-electron chi connectivity index (χ4n) is 3.05. The first-order valence-electron chi connectivity index (χ1n) is 8.63. The van der Waals surface area contributed by atoms with Crippen molar-refractivity contribution in [3.63, 3.8) is 0 Å². The number of halogens is 1. The maximum Gasteiger partial charge on any atom is 0.221 e. The van der Waals surface area contributed by atoms with Gasteiger partial charge in [0, 0.05) is 39.6 Å². The van der Waals surface area contributed by atoms with E-state index in [0.717, 1.165) is 24.3 Å². The van der Waals surface area contributed by atoms with Gasteiger partial charge in [-0.15, -0.1) is 24.0 Å². The van der Waals surface area contributed by atoms with Crippen molar-refractivity contribution >= 4 is 35.8 Å². The third-order valence-corrected chi connectivity index (χ3v) is 4.33. The Bertz CT molecular complexity index is 366. The fourth-order valence-corrected chi connectivity index (χ4v) is 3.05. The smallest absolute Gasteiger partial charge is 0.221 e. The first kappa shape index (κ1) is 22.5. The summed E-state index contributed by atoms with van der Waals surface area (Å²) >= 11 is 0. The Kier molecular flexibility index (Phi) is 11.6. The average molecular weight is 438 g/mol. The van der Waals surface area contributed by atoms with Crippen molar-refractivity contribution in [1.29, 1.82) is 0 Å². The molecule has 0 heterocycles. The highest BCUT2D eigenvalue weighted by molar-refractivity contribution is 14.0. The Morgan fingerprint density at radius 2 is 1.87 bits per heavy atom. The topological polar surface area (TPSA) is 56.7 Å². The van der Waals surface area contributed by atoms with E-state index in [4.69, 9.17) is 0 Å². The Labute approximate surface area is 159 Å². The highest BCUT2D eigenvalue weighted by Crippen LogP contribution is 2.28. The van der Waals surface area contributed by atoms with Gasteiger partial charge in [-0.25, -0.2) is 0 Å². The van der Waals surface area contributed by atoms with Gasteiger partial charge in [0.15, 0.2) is 5.96 Å². The van der Waals surface area contributed by atoms with Gasteiger partial charge in [0.2, 0.25) is 5.91 Å². The zero-order chi connectivity index (χ0) is 16.5. The number of amides is 1. The molecule has 1 aliphatic rings.